The van der Waals surface area contributed by atoms with E-state index in [2.05, 4.69) is 25.8 Å². The number of carbonyl (C=O) groups excluding carboxylic acids is 1. The SMILES string of the molecule is CC(=O)N1CCN(c2ccncc2Br)CC1. The standard InChI is InChI=1S/C11H14BrN3O/c1-9(16)14-4-6-15(7-5-14)11-2-3-13-8-10(11)12/h2-3,8H,4-7H2,1H3. The summed E-state index contributed by atoms with van der Waals surface area (Å²) >= 11 is 3.49. The summed E-state index contributed by atoms with van der Waals surface area (Å²) in [7, 11) is 0. The predicted octanol–water partition coefficient (Wildman–Crippen LogP) is 1.51. The lowest BCUT2D eigenvalue weighted by Gasteiger charge is -2.35. The molecule has 0 aromatic carbocycles. The van der Waals surface area contributed by atoms with Crippen LogP contribution in [0.1, 0.15) is 6.92 Å². The Balaban J connectivity index is 2.05. The summed E-state index contributed by atoms with van der Waals surface area (Å²) in [6, 6.07) is 1.99. The van der Waals surface area contributed by atoms with Crippen molar-refractivity contribution in [2.24, 2.45) is 0 Å². The number of hydrogen-bond donors (Lipinski definition) is 0. The zero-order chi connectivity index (χ0) is 11.5. The quantitative estimate of drug-likeness (QED) is 0.784. The summed E-state index contributed by atoms with van der Waals surface area (Å²) in [5, 5.41) is 0. The van der Waals surface area contributed by atoms with Crippen LogP contribution in [0.15, 0.2) is 22.9 Å². The van der Waals surface area contributed by atoms with E-state index >= 15 is 0 Å². The molecule has 1 aromatic heterocycles. The Morgan fingerprint density at radius 3 is 2.62 bits per heavy atom. The van der Waals surface area contributed by atoms with Gasteiger partial charge in [0.15, 0.2) is 0 Å². The number of anilines is 1. The highest BCUT2D eigenvalue weighted by molar-refractivity contribution is 9.10. The number of piperazine rings is 1. The third-order valence-corrected chi connectivity index (χ3v) is 3.43. The summed E-state index contributed by atoms with van der Waals surface area (Å²) in [6.07, 6.45) is 3.59. The van der Waals surface area contributed by atoms with E-state index in [1.807, 2.05) is 11.0 Å². The fourth-order valence-corrected chi connectivity index (χ4v) is 2.39. The first-order chi connectivity index (χ1) is 7.68. The van der Waals surface area contributed by atoms with Gasteiger partial charge in [-0.1, -0.05) is 0 Å². The van der Waals surface area contributed by atoms with Crippen molar-refractivity contribution in [1.82, 2.24) is 9.88 Å². The van der Waals surface area contributed by atoms with E-state index in [-0.39, 0.29) is 5.91 Å². The number of aromatic nitrogens is 1. The molecule has 0 saturated carbocycles. The first-order valence-corrected chi connectivity index (χ1v) is 6.08. The molecule has 1 aliphatic heterocycles. The summed E-state index contributed by atoms with van der Waals surface area (Å²) in [5.74, 6) is 0.161. The molecule has 0 aliphatic carbocycles. The Hall–Kier alpha value is -1.10. The summed E-state index contributed by atoms with van der Waals surface area (Å²) in [5.41, 5.74) is 1.15. The van der Waals surface area contributed by atoms with Crippen molar-refractivity contribution >= 4 is 27.5 Å². The number of nitrogens with zero attached hydrogens (tertiary/aromatic N) is 3. The molecule has 16 heavy (non-hydrogen) atoms. The normalized spacial score (nSPS) is 16.4. The first kappa shape index (κ1) is 11.4. The second-order valence-corrected chi connectivity index (χ2v) is 4.67. The largest absolute Gasteiger partial charge is 0.367 e. The van der Waals surface area contributed by atoms with Gasteiger partial charge in [-0.2, -0.15) is 0 Å². The van der Waals surface area contributed by atoms with Gasteiger partial charge in [0.1, 0.15) is 0 Å². The topological polar surface area (TPSA) is 36.4 Å². The Morgan fingerprint density at radius 2 is 2.06 bits per heavy atom. The van der Waals surface area contributed by atoms with E-state index in [1.54, 1.807) is 19.3 Å². The Kier molecular flexibility index (Phi) is 3.43. The molecule has 5 heteroatoms. The van der Waals surface area contributed by atoms with E-state index < -0.39 is 0 Å². The average Bonchev–Trinajstić information content (AvgIpc) is 2.30. The number of amides is 1. The fraction of sp³-hybridized carbons (Fsp3) is 0.455. The molecule has 1 saturated heterocycles. The molecule has 86 valence electrons. The number of rotatable bonds is 1. The molecule has 0 bridgehead atoms. The Morgan fingerprint density at radius 1 is 1.38 bits per heavy atom. The lowest BCUT2D eigenvalue weighted by molar-refractivity contribution is -0.129. The number of halogens is 1. The second kappa shape index (κ2) is 4.82. The molecule has 1 amide bonds. The third kappa shape index (κ3) is 2.35. The van der Waals surface area contributed by atoms with Crippen LogP contribution < -0.4 is 4.90 Å². The van der Waals surface area contributed by atoms with E-state index in [4.69, 9.17) is 0 Å². The Labute approximate surface area is 103 Å². The van der Waals surface area contributed by atoms with Gasteiger partial charge in [0, 0.05) is 45.5 Å². The molecule has 1 aliphatic rings. The van der Waals surface area contributed by atoms with Crippen molar-refractivity contribution in [1.29, 1.82) is 0 Å². The number of pyridine rings is 1. The monoisotopic (exact) mass is 283 g/mol. The van der Waals surface area contributed by atoms with Crippen LogP contribution in [0.4, 0.5) is 5.69 Å². The maximum absolute atomic E-state index is 11.2. The van der Waals surface area contributed by atoms with Crippen molar-refractivity contribution < 1.29 is 4.79 Å². The highest BCUT2D eigenvalue weighted by Crippen LogP contribution is 2.25. The molecule has 0 N–H and O–H groups in total. The van der Waals surface area contributed by atoms with Crippen LogP contribution in [0.5, 0.6) is 0 Å². The van der Waals surface area contributed by atoms with Gasteiger partial charge in [0.2, 0.25) is 5.91 Å². The van der Waals surface area contributed by atoms with Crippen molar-refractivity contribution in [3.63, 3.8) is 0 Å². The molecule has 0 radical (unpaired) electrons. The van der Waals surface area contributed by atoms with Gasteiger partial charge < -0.3 is 9.80 Å². The minimum Gasteiger partial charge on any atom is -0.367 e. The lowest BCUT2D eigenvalue weighted by atomic mass is 10.2. The first-order valence-electron chi connectivity index (χ1n) is 5.28. The van der Waals surface area contributed by atoms with Crippen LogP contribution >= 0.6 is 15.9 Å². The van der Waals surface area contributed by atoms with Gasteiger partial charge in [-0.05, 0) is 22.0 Å². The van der Waals surface area contributed by atoms with Gasteiger partial charge in [-0.15, -0.1) is 0 Å². The highest BCUT2D eigenvalue weighted by Gasteiger charge is 2.19. The van der Waals surface area contributed by atoms with Crippen LogP contribution in [-0.4, -0.2) is 42.0 Å². The van der Waals surface area contributed by atoms with Gasteiger partial charge in [0.05, 0.1) is 10.2 Å². The molecule has 0 atom stereocenters. The predicted molar refractivity (Wildman–Crippen MR) is 66.4 cm³/mol. The van der Waals surface area contributed by atoms with Crippen molar-refractivity contribution in [2.45, 2.75) is 6.92 Å². The number of hydrogen-bond acceptors (Lipinski definition) is 3. The van der Waals surface area contributed by atoms with Crippen LogP contribution in [-0.2, 0) is 4.79 Å². The maximum atomic E-state index is 11.2. The van der Waals surface area contributed by atoms with Crippen LogP contribution in [0.3, 0.4) is 0 Å². The number of carbonyl (C=O) groups is 1. The van der Waals surface area contributed by atoms with Crippen molar-refractivity contribution in [3.8, 4) is 0 Å². The van der Waals surface area contributed by atoms with Crippen LogP contribution in [0.2, 0.25) is 0 Å². The van der Waals surface area contributed by atoms with Gasteiger partial charge >= 0.3 is 0 Å². The molecule has 1 aromatic rings. The van der Waals surface area contributed by atoms with Crippen LogP contribution in [0, 0.1) is 0 Å². The average molecular weight is 284 g/mol. The van der Waals surface area contributed by atoms with E-state index in [0.717, 1.165) is 36.3 Å². The van der Waals surface area contributed by atoms with E-state index in [9.17, 15) is 4.79 Å². The summed E-state index contributed by atoms with van der Waals surface area (Å²) in [4.78, 5) is 19.4. The molecule has 4 nitrogen and oxygen atoms in total. The van der Waals surface area contributed by atoms with Gasteiger partial charge in [-0.3, -0.25) is 9.78 Å². The summed E-state index contributed by atoms with van der Waals surface area (Å²) in [6.45, 7) is 4.97. The van der Waals surface area contributed by atoms with Crippen LogP contribution in [0.25, 0.3) is 0 Å². The molecule has 1 fully saturated rings. The van der Waals surface area contributed by atoms with E-state index in [1.165, 1.54) is 0 Å². The fourth-order valence-electron chi connectivity index (χ4n) is 1.89. The Bertz CT molecular complexity index is 389. The molecule has 2 rings (SSSR count). The zero-order valence-corrected chi connectivity index (χ0v) is 10.8. The smallest absolute Gasteiger partial charge is 0.219 e. The molecule has 2 heterocycles. The second-order valence-electron chi connectivity index (χ2n) is 3.82. The lowest BCUT2D eigenvalue weighted by Crippen LogP contribution is -2.48. The molecule has 0 unspecified atom stereocenters. The van der Waals surface area contributed by atoms with Gasteiger partial charge in [-0.25, -0.2) is 0 Å². The molecular weight excluding hydrogens is 270 g/mol. The minimum absolute atomic E-state index is 0.161. The van der Waals surface area contributed by atoms with E-state index in [0.29, 0.717) is 0 Å². The zero-order valence-electron chi connectivity index (χ0n) is 9.19. The van der Waals surface area contributed by atoms with Crippen molar-refractivity contribution in [3.05, 3.63) is 22.9 Å². The third-order valence-electron chi connectivity index (χ3n) is 2.82. The summed E-state index contributed by atoms with van der Waals surface area (Å²) < 4.78 is 1.01. The minimum atomic E-state index is 0.161. The maximum Gasteiger partial charge on any atom is 0.219 e. The van der Waals surface area contributed by atoms with Gasteiger partial charge in [0.25, 0.3) is 0 Å². The van der Waals surface area contributed by atoms with Crippen molar-refractivity contribution in [2.75, 3.05) is 31.1 Å². The molecule has 0 spiro atoms. The molecular formula is C11H14BrN3O. The highest BCUT2D eigenvalue weighted by atomic mass is 79.9.